The Morgan fingerprint density at radius 3 is 2.93 bits per heavy atom. The summed E-state index contributed by atoms with van der Waals surface area (Å²) < 4.78 is 11.5. The van der Waals surface area contributed by atoms with Gasteiger partial charge in [0.1, 0.15) is 23.6 Å². The van der Waals surface area contributed by atoms with Crippen LogP contribution in [0.2, 0.25) is 0 Å². The van der Waals surface area contributed by atoms with Gasteiger partial charge in [0.05, 0.1) is 11.5 Å². The van der Waals surface area contributed by atoms with Crippen molar-refractivity contribution in [2.24, 2.45) is 0 Å². The molecular formula is C20H24N2O4S. The van der Waals surface area contributed by atoms with E-state index in [9.17, 15) is 9.59 Å². The molecule has 7 heteroatoms. The second kappa shape index (κ2) is 8.43. The van der Waals surface area contributed by atoms with E-state index in [1.165, 1.54) is 11.3 Å². The minimum atomic E-state index is -0.638. The number of amides is 2. The molecule has 2 N–H and O–H groups in total. The monoisotopic (exact) mass is 388 g/mol. The van der Waals surface area contributed by atoms with Gasteiger partial charge in [-0.25, -0.2) is 0 Å². The van der Waals surface area contributed by atoms with Crippen LogP contribution in [0.4, 0.5) is 0 Å². The first-order valence-corrected chi connectivity index (χ1v) is 9.93. The Bertz CT molecular complexity index is 820. The third-order valence-corrected chi connectivity index (χ3v) is 5.19. The van der Waals surface area contributed by atoms with Crippen molar-refractivity contribution in [2.75, 3.05) is 6.61 Å². The van der Waals surface area contributed by atoms with Gasteiger partial charge in [0, 0.05) is 24.1 Å². The van der Waals surface area contributed by atoms with Gasteiger partial charge in [0.15, 0.2) is 0 Å². The third kappa shape index (κ3) is 4.60. The second-order valence-electron chi connectivity index (χ2n) is 6.52. The van der Waals surface area contributed by atoms with Gasteiger partial charge in [0.2, 0.25) is 5.91 Å². The molecule has 2 heterocycles. The van der Waals surface area contributed by atoms with Crippen LogP contribution in [-0.4, -0.2) is 30.6 Å². The van der Waals surface area contributed by atoms with E-state index in [0.29, 0.717) is 18.0 Å². The first-order chi connectivity index (χ1) is 13.0. The highest BCUT2D eigenvalue weighted by Crippen LogP contribution is 2.35. The molecule has 2 atom stereocenters. The highest BCUT2D eigenvalue weighted by molar-refractivity contribution is 7.12. The average Bonchev–Trinajstić information content (AvgIpc) is 3.28. The second-order valence-corrected chi connectivity index (χ2v) is 7.47. The van der Waals surface area contributed by atoms with Crippen molar-refractivity contribution in [3.05, 3.63) is 45.6 Å². The summed E-state index contributed by atoms with van der Waals surface area (Å²) in [5.74, 6) is 1.10. The lowest BCUT2D eigenvalue weighted by atomic mass is 10.1. The molecule has 0 bridgehead atoms. The Balaban J connectivity index is 1.62. The van der Waals surface area contributed by atoms with E-state index in [2.05, 4.69) is 10.6 Å². The molecule has 0 aliphatic carbocycles. The number of carbonyl (C=O) groups is 2. The molecule has 2 amide bonds. The highest BCUT2D eigenvalue weighted by atomic mass is 32.1. The van der Waals surface area contributed by atoms with Gasteiger partial charge in [-0.05, 0) is 44.4 Å². The molecule has 0 spiro atoms. The van der Waals surface area contributed by atoms with Crippen LogP contribution >= 0.6 is 11.3 Å². The Labute approximate surface area is 162 Å². The fraction of sp³-hybridized carbons (Fsp3) is 0.400. The molecule has 0 fully saturated rings. The topological polar surface area (TPSA) is 76.7 Å². The molecule has 6 nitrogen and oxygen atoms in total. The van der Waals surface area contributed by atoms with Gasteiger partial charge < -0.3 is 20.1 Å². The summed E-state index contributed by atoms with van der Waals surface area (Å²) >= 11 is 1.34. The predicted molar refractivity (Wildman–Crippen MR) is 104 cm³/mol. The number of hydrogen-bond donors (Lipinski definition) is 2. The number of nitrogens with one attached hydrogen (secondary N) is 2. The van der Waals surface area contributed by atoms with E-state index in [-0.39, 0.29) is 17.9 Å². The van der Waals surface area contributed by atoms with Crippen LogP contribution in [0.5, 0.6) is 11.5 Å². The molecular weight excluding hydrogens is 364 g/mol. The van der Waals surface area contributed by atoms with Crippen molar-refractivity contribution >= 4 is 23.2 Å². The molecule has 1 aliphatic rings. The predicted octanol–water partition coefficient (Wildman–Crippen LogP) is 2.90. The molecule has 1 aromatic carbocycles. The summed E-state index contributed by atoms with van der Waals surface area (Å²) in [4.78, 5) is 25.0. The van der Waals surface area contributed by atoms with Crippen LogP contribution in [0.15, 0.2) is 29.6 Å². The molecule has 2 aromatic rings. The van der Waals surface area contributed by atoms with Gasteiger partial charge >= 0.3 is 0 Å². The van der Waals surface area contributed by atoms with Crippen molar-refractivity contribution < 1.29 is 19.1 Å². The third-order valence-electron chi connectivity index (χ3n) is 4.32. The van der Waals surface area contributed by atoms with Crippen molar-refractivity contribution in [3.63, 3.8) is 0 Å². The van der Waals surface area contributed by atoms with E-state index in [1.54, 1.807) is 19.1 Å². The van der Waals surface area contributed by atoms with Crippen LogP contribution in [-0.2, 0) is 17.8 Å². The summed E-state index contributed by atoms with van der Waals surface area (Å²) in [5, 5.41) is 7.40. The molecule has 1 aromatic heterocycles. The number of hydrogen-bond acceptors (Lipinski definition) is 5. The largest absolute Gasteiger partial charge is 0.494 e. The maximum Gasteiger partial charge on any atom is 0.261 e. The van der Waals surface area contributed by atoms with E-state index < -0.39 is 6.04 Å². The van der Waals surface area contributed by atoms with E-state index >= 15 is 0 Å². The molecule has 0 saturated carbocycles. The first kappa shape index (κ1) is 19.2. The maximum absolute atomic E-state index is 12.4. The van der Waals surface area contributed by atoms with Crippen LogP contribution in [0.1, 0.15) is 41.6 Å². The van der Waals surface area contributed by atoms with Crippen molar-refractivity contribution in [1.29, 1.82) is 0 Å². The lowest BCUT2D eigenvalue weighted by Gasteiger charge is -2.16. The van der Waals surface area contributed by atoms with E-state index in [1.807, 2.05) is 31.4 Å². The van der Waals surface area contributed by atoms with E-state index in [0.717, 1.165) is 29.0 Å². The standard InChI is InChI=1S/C20H24N2O4S/c1-4-25-16-9-14-8-12(2)26-17(14)10-15(16)11-21-19(23)13(3)22-20(24)18-6-5-7-27-18/h5-7,9-10,12-13H,4,8,11H2,1-3H3,(H,21,23)(H,22,24)/t12-,13+/m0/s1. The molecule has 0 unspecified atom stereocenters. The zero-order chi connectivity index (χ0) is 19.4. The quantitative estimate of drug-likeness (QED) is 0.765. The van der Waals surface area contributed by atoms with Gasteiger partial charge in [-0.1, -0.05) is 6.07 Å². The summed E-state index contributed by atoms with van der Waals surface area (Å²) in [7, 11) is 0. The number of thiophene rings is 1. The average molecular weight is 388 g/mol. The lowest BCUT2D eigenvalue weighted by Crippen LogP contribution is -2.44. The Morgan fingerprint density at radius 1 is 1.41 bits per heavy atom. The van der Waals surface area contributed by atoms with Gasteiger partial charge in [-0.3, -0.25) is 9.59 Å². The van der Waals surface area contributed by atoms with Crippen molar-refractivity contribution in [1.82, 2.24) is 10.6 Å². The summed E-state index contributed by atoms with van der Waals surface area (Å²) in [5.41, 5.74) is 1.98. The summed E-state index contributed by atoms with van der Waals surface area (Å²) in [6, 6.07) is 6.81. The van der Waals surface area contributed by atoms with Crippen LogP contribution in [0.3, 0.4) is 0 Å². The normalized spacial score (nSPS) is 16.2. The smallest absolute Gasteiger partial charge is 0.261 e. The zero-order valence-corrected chi connectivity index (χ0v) is 16.5. The van der Waals surface area contributed by atoms with Crippen LogP contribution in [0.25, 0.3) is 0 Å². The van der Waals surface area contributed by atoms with Crippen molar-refractivity contribution in [3.8, 4) is 11.5 Å². The zero-order valence-electron chi connectivity index (χ0n) is 15.7. The molecule has 1 aliphatic heterocycles. The number of carbonyl (C=O) groups excluding carboxylic acids is 2. The van der Waals surface area contributed by atoms with Gasteiger partial charge in [-0.15, -0.1) is 11.3 Å². The Morgan fingerprint density at radius 2 is 2.22 bits per heavy atom. The van der Waals surface area contributed by atoms with Crippen molar-refractivity contribution in [2.45, 2.75) is 45.9 Å². The minimum Gasteiger partial charge on any atom is -0.494 e. The fourth-order valence-corrected chi connectivity index (χ4v) is 3.61. The number of rotatable bonds is 7. The molecule has 0 radical (unpaired) electrons. The van der Waals surface area contributed by atoms with Crippen LogP contribution in [0, 0.1) is 0 Å². The first-order valence-electron chi connectivity index (χ1n) is 9.05. The number of benzene rings is 1. The maximum atomic E-state index is 12.4. The molecule has 0 saturated heterocycles. The fourth-order valence-electron chi connectivity index (χ4n) is 2.99. The highest BCUT2D eigenvalue weighted by Gasteiger charge is 2.23. The molecule has 27 heavy (non-hydrogen) atoms. The number of ether oxygens (including phenoxy) is 2. The molecule has 3 rings (SSSR count). The van der Waals surface area contributed by atoms with Crippen LogP contribution < -0.4 is 20.1 Å². The minimum absolute atomic E-state index is 0.145. The van der Waals surface area contributed by atoms with E-state index in [4.69, 9.17) is 9.47 Å². The van der Waals surface area contributed by atoms with Gasteiger partial charge in [-0.2, -0.15) is 0 Å². The summed E-state index contributed by atoms with van der Waals surface area (Å²) in [6.07, 6.45) is 1.00. The molecule has 144 valence electrons. The Kier molecular flexibility index (Phi) is 6.01. The lowest BCUT2D eigenvalue weighted by molar-refractivity contribution is -0.122. The van der Waals surface area contributed by atoms with Gasteiger partial charge in [0.25, 0.3) is 5.91 Å². The Hall–Kier alpha value is -2.54. The number of fused-ring (bicyclic) bond motifs is 1. The SMILES string of the molecule is CCOc1cc2c(cc1CNC(=O)[C@@H](C)NC(=O)c1cccs1)O[C@@H](C)C2. The summed E-state index contributed by atoms with van der Waals surface area (Å²) in [6.45, 7) is 6.47.